The molecule has 1 aliphatic carbocycles. The van der Waals surface area contributed by atoms with E-state index in [1.54, 1.807) is 4.90 Å². The molecule has 0 fully saturated rings. The maximum Gasteiger partial charge on any atom is 0.414 e. The van der Waals surface area contributed by atoms with Crippen LogP contribution in [-0.4, -0.2) is 24.1 Å². The molecule has 0 aromatic carbocycles. The summed E-state index contributed by atoms with van der Waals surface area (Å²) in [5, 5.41) is 0. The Kier molecular flexibility index (Phi) is 1.46. The van der Waals surface area contributed by atoms with E-state index in [9.17, 15) is 4.79 Å². The number of nitrogens with zero attached hydrogens (tertiary/aromatic N) is 1. The van der Waals surface area contributed by atoms with Gasteiger partial charge in [-0.15, -0.1) is 0 Å². The fourth-order valence-electron chi connectivity index (χ4n) is 1.68. The molecule has 2 aliphatic rings. The third kappa shape index (κ3) is 0.793. The van der Waals surface area contributed by atoms with Crippen LogP contribution in [0.25, 0.3) is 0 Å². The molecule has 1 aliphatic heterocycles. The zero-order chi connectivity index (χ0) is 8.72. The van der Waals surface area contributed by atoms with Gasteiger partial charge in [0, 0.05) is 12.1 Å². The molecule has 2 atom stereocenters. The first-order chi connectivity index (χ1) is 5.74. The smallest absolute Gasteiger partial charge is 0.414 e. The topological polar surface area (TPSA) is 29.5 Å². The first-order valence-corrected chi connectivity index (χ1v) is 3.97. The zero-order valence-electron chi connectivity index (χ0n) is 7.15. The van der Waals surface area contributed by atoms with Gasteiger partial charge in [-0.25, -0.2) is 4.79 Å². The Morgan fingerprint density at radius 3 is 2.75 bits per heavy atom. The largest absolute Gasteiger partial charge is 0.452 e. The lowest BCUT2D eigenvalue weighted by atomic mass is 9.86. The highest BCUT2D eigenvalue weighted by Crippen LogP contribution is 2.36. The van der Waals surface area contributed by atoms with Crippen LogP contribution in [0.1, 0.15) is 6.92 Å². The highest BCUT2D eigenvalue weighted by atomic mass is 16.5. The molecule has 0 spiro atoms. The number of fused-ring (bicyclic) bond motifs is 1. The van der Waals surface area contributed by atoms with Crippen molar-refractivity contribution >= 4 is 6.09 Å². The van der Waals surface area contributed by atoms with E-state index in [0.29, 0.717) is 5.92 Å². The summed E-state index contributed by atoms with van der Waals surface area (Å²) in [7, 11) is 1.40. The minimum absolute atomic E-state index is 0.220. The summed E-state index contributed by atoms with van der Waals surface area (Å²) < 4.78 is 4.64. The lowest BCUT2D eigenvalue weighted by molar-refractivity contribution is 0.131. The Balaban J connectivity index is 2.19. The second-order valence-electron chi connectivity index (χ2n) is 3.15. The monoisotopic (exact) mass is 165 g/mol. The van der Waals surface area contributed by atoms with Crippen LogP contribution >= 0.6 is 0 Å². The Hall–Kier alpha value is -1.25. The first-order valence-electron chi connectivity index (χ1n) is 3.97. The third-order valence-corrected chi connectivity index (χ3v) is 2.46. The van der Waals surface area contributed by atoms with Crippen LogP contribution in [0, 0.1) is 5.92 Å². The quantitative estimate of drug-likeness (QED) is 0.509. The Morgan fingerprint density at radius 2 is 2.33 bits per heavy atom. The van der Waals surface area contributed by atoms with Crippen LogP contribution in [0.3, 0.4) is 0 Å². The predicted molar refractivity (Wildman–Crippen MR) is 44.4 cm³/mol. The SMILES string of the molecule is COC(=O)N1C=C(C)C2C=CC21. The average molecular weight is 165 g/mol. The molecule has 64 valence electrons. The normalized spacial score (nSPS) is 30.8. The molecule has 0 aromatic heterocycles. The fraction of sp³-hybridized carbons (Fsp3) is 0.444. The standard InChI is InChI=1S/C9H11NO2/c1-6-5-10(9(11)12-2)8-4-3-7(6)8/h3-5,7-8H,1-2H3. The molecule has 2 unspecified atom stereocenters. The van der Waals surface area contributed by atoms with Crippen LogP contribution in [-0.2, 0) is 4.74 Å². The second-order valence-corrected chi connectivity index (χ2v) is 3.15. The average Bonchev–Trinajstić information content (AvgIpc) is 2.19. The van der Waals surface area contributed by atoms with Gasteiger partial charge in [-0.05, 0) is 12.5 Å². The summed E-state index contributed by atoms with van der Waals surface area (Å²) in [5.41, 5.74) is 1.23. The third-order valence-electron chi connectivity index (χ3n) is 2.46. The summed E-state index contributed by atoms with van der Waals surface area (Å²) >= 11 is 0. The molecule has 0 saturated heterocycles. The van der Waals surface area contributed by atoms with Crippen molar-refractivity contribution < 1.29 is 9.53 Å². The second kappa shape index (κ2) is 2.37. The predicted octanol–water partition coefficient (Wildman–Crippen LogP) is 1.53. The molecule has 0 radical (unpaired) electrons. The number of hydrogen-bond acceptors (Lipinski definition) is 2. The Bertz CT molecular complexity index is 280. The summed E-state index contributed by atoms with van der Waals surface area (Å²) in [6, 6.07) is 0.220. The molecule has 0 bridgehead atoms. The highest BCUT2D eigenvalue weighted by Gasteiger charge is 2.38. The lowest BCUT2D eigenvalue weighted by Crippen LogP contribution is -2.38. The van der Waals surface area contributed by atoms with Crippen molar-refractivity contribution in [3.8, 4) is 0 Å². The molecule has 0 aromatic rings. The molecule has 1 amide bonds. The van der Waals surface area contributed by atoms with E-state index >= 15 is 0 Å². The summed E-state index contributed by atoms with van der Waals surface area (Å²) in [6.07, 6.45) is 5.72. The van der Waals surface area contributed by atoms with Gasteiger partial charge < -0.3 is 4.74 Å². The van der Waals surface area contributed by atoms with Crippen LogP contribution in [0.5, 0.6) is 0 Å². The van der Waals surface area contributed by atoms with Crippen molar-refractivity contribution in [2.75, 3.05) is 7.11 Å². The molecule has 12 heavy (non-hydrogen) atoms. The molecular weight excluding hydrogens is 154 g/mol. The van der Waals surface area contributed by atoms with Gasteiger partial charge >= 0.3 is 6.09 Å². The molecule has 2 rings (SSSR count). The van der Waals surface area contributed by atoms with Crippen LogP contribution < -0.4 is 0 Å². The van der Waals surface area contributed by atoms with Crippen molar-refractivity contribution in [1.82, 2.24) is 4.90 Å². The summed E-state index contributed by atoms with van der Waals surface area (Å²) in [6.45, 7) is 2.03. The van der Waals surface area contributed by atoms with Crippen LogP contribution in [0.15, 0.2) is 23.9 Å². The number of ether oxygens (including phenoxy) is 1. The number of carbonyl (C=O) groups excluding carboxylic acids is 1. The van der Waals surface area contributed by atoms with Gasteiger partial charge in [0.15, 0.2) is 0 Å². The fourth-order valence-corrected chi connectivity index (χ4v) is 1.68. The van der Waals surface area contributed by atoms with Gasteiger partial charge in [0.2, 0.25) is 0 Å². The summed E-state index contributed by atoms with van der Waals surface area (Å²) in [4.78, 5) is 12.8. The van der Waals surface area contributed by atoms with E-state index in [4.69, 9.17) is 0 Å². The minimum Gasteiger partial charge on any atom is -0.452 e. The van der Waals surface area contributed by atoms with Crippen molar-refractivity contribution in [2.45, 2.75) is 13.0 Å². The van der Waals surface area contributed by atoms with Crippen molar-refractivity contribution in [2.24, 2.45) is 5.92 Å². The number of hydrogen-bond donors (Lipinski definition) is 0. The molecular formula is C9H11NO2. The maximum absolute atomic E-state index is 11.2. The maximum atomic E-state index is 11.2. The Labute approximate surface area is 71.3 Å². The number of amides is 1. The number of carbonyl (C=O) groups is 1. The molecule has 0 saturated carbocycles. The van der Waals surface area contributed by atoms with Gasteiger partial charge in [-0.1, -0.05) is 12.2 Å². The van der Waals surface area contributed by atoms with Gasteiger partial charge in [0.1, 0.15) is 0 Å². The zero-order valence-corrected chi connectivity index (χ0v) is 7.15. The first kappa shape index (κ1) is 7.40. The van der Waals surface area contributed by atoms with E-state index < -0.39 is 0 Å². The van der Waals surface area contributed by atoms with Gasteiger partial charge in [-0.3, -0.25) is 4.90 Å². The number of methoxy groups -OCH3 is 1. The van der Waals surface area contributed by atoms with Gasteiger partial charge in [0.05, 0.1) is 13.2 Å². The van der Waals surface area contributed by atoms with Crippen molar-refractivity contribution in [1.29, 1.82) is 0 Å². The molecule has 0 N–H and O–H groups in total. The van der Waals surface area contributed by atoms with E-state index in [2.05, 4.69) is 10.8 Å². The molecule has 3 heteroatoms. The molecule has 1 heterocycles. The van der Waals surface area contributed by atoms with Crippen molar-refractivity contribution in [3.05, 3.63) is 23.9 Å². The van der Waals surface area contributed by atoms with Gasteiger partial charge in [0.25, 0.3) is 0 Å². The molecule has 3 nitrogen and oxygen atoms in total. The number of rotatable bonds is 0. The van der Waals surface area contributed by atoms with Crippen molar-refractivity contribution in [3.63, 3.8) is 0 Å². The highest BCUT2D eigenvalue weighted by molar-refractivity contribution is 5.71. The van der Waals surface area contributed by atoms with E-state index in [-0.39, 0.29) is 12.1 Å². The summed E-state index contributed by atoms with van der Waals surface area (Å²) in [5.74, 6) is 0.434. The lowest BCUT2D eigenvalue weighted by Gasteiger charge is -2.29. The van der Waals surface area contributed by atoms with E-state index in [1.165, 1.54) is 12.7 Å². The van der Waals surface area contributed by atoms with Gasteiger partial charge in [-0.2, -0.15) is 0 Å². The van der Waals surface area contributed by atoms with Crippen LogP contribution in [0.2, 0.25) is 0 Å². The Morgan fingerprint density at radius 1 is 1.58 bits per heavy atom. The minimum atomic E-state index is -0.272. The van der Waals surface area contributed by atoms with E-state index in [0.717, 1.165) is 0 Å². The van der Waals surface area contributed by atoms with Crippen LogP contribution in [0.4, 0.5) is 4.79 Å². The van der Waals surface area contributed by atoms with E-state index in [1.807, 2.05) is 19.2 Å².